The van der Waals surface area contributed by atoms with E-state index in [9.17, 15) is 59.7 Å². The molecule has 1 aliphatic heterocycles. The maximum atomic E-state index is 12.8. The predicted octanol–water partition coefficient (Wildman–Crippen LogP) is 1.57. The van der Waals surface area contributed by atoms with Gasteiger partial charge in [0.15, 0.2) is 19.6 Å². The number of nitrogens with one attached hydrogen (secondary N) is 3. The summed E-state index contributed by atoms with van der Waals surface area (Å²) >= 11 is 0. The minimum absolute atomic E-state index is 0.0344. The highest BCUT2D eigenvalue weighted by atomic mass is 16.5. The van der Waals surface area contributed by atoms with Crippen LogP contribution in [0.25, 0.3) is 0 Å². The molecule has 3 atom stereocenters. The molecule has 0 bridgehead atoms. The third-order valence-corrected chi connectivity index (χ3v) is 8.72. The zero-order valence-electron chi connectivity index (χ0n) is 35.3. The van der Waals surface area contributed by atoms with Crippen LogP contribution in [0.15, 0.2) is 34.9 Å². The van der Waals surface area contributed by atoms with Gasteiger partial charge in [0.25, 0.3) is 0 Å². The zero-order chi connectivity index (χ0) is 45.4. The van der Waals surface area contributed by atoms with Gasteiger partial charge in [0.05, 0.1) is 38.0 Å². The standard InChI is InChI=1S/C39H60N6O15/c1-25-13-19-58-37(52)31(40-28(4)46)11-8-17-44(56)35(50)23-27(3)15-21-60-39(54)33(42-30(6)48)12-9-18-45(57)36(51)24-26(2)14-20-59-38(53)32(41-29(5)47)10-7-16-43(55)34(49)22-25/h22-24,31-33,55-57H,7-21H2,1-6H3,(H3,40,41,42,46,47,48)/p+3/b25-22-,26-24-,27-23-/t31-,32-,33-/m0/s1. The van der Waals surface area contributed by atoms with Crippen molar-refractivity contribution in [3.63, 3.8) is 0 Å². The number of amides is 3. The molecule has 336 valence electrons. The Morgan fingerprint density at radius 2 is 0.750 bits per heavy atom. The van der Waals surface area contributed by atoms with Crippen LogP contribution in [0.5, 0.6) is 0 Å². The molecule has 0 fully saturated rings. The van der Waals surface area contributed by atoms with Crippen molar-refractivity contribution in [3.05, 3.63) is 34.9 Å². The third-order valence-electron chi connectivity index (χ3n) is 8.72. The van der Waals surface area contributed by atoms with Crippen molar-refractivity contribution in [2.45, 2.75) is 117 Å². The zero-order valence-corrected chi connectivity index (χ0v) is 35.3. The van der Waals surface area contributed by atoms with Crippen LogP contribution in [-0.4, -0.2) is 156 Å². The largest absolute Gasteiger partial charge is 0.464 e. The first-order chi connectivity index (χ1) is 28.2. The third kappa shape index (κ3) is 22.1. The number of esters is 3. The van der Waals surface area contributed by atoms with Crippen LogP contribution in [0.3, 0.4) is 0 Å². The first kappa shape index (κ1) is 51.9. The second kappa shape index (κ2) is 27.5. The summed E-state index contributed by atoms with van der Waals surface area (Å²) in [6, 6.07) is -3.23. The number of hydroxylamine groups is 3. The molecule has 0 aromatic heterocycles. The van der Waals surface area contributed by atoms with Crippen molar-refractivity contribution in [3.8, 4) is 0 Å². The molecular weight excluding hydrogens is 792 g/mol. The highest BCUT2D eigenvalue weighted by molar-refractivity contribution is 5.85. The summed E-state index contributed by atoms with van der Waals surface area (Å²) in [6.45, 7) is 7.66. The molecule has 1 heterocycles. The van der Waals surface area contributed by atoms with Gasteiger partial charge in [-0.3, -0.25) is 30.0 Å². The number of rotatable bonds is 3. The van der Waals surface area contributed by atoms with Gasteiger partial charge in [0.1, 0.15) is 18.1 Å². The Bertz CT molecular complexity index is 1520. The Balaban J connectivity index is 3.27. The second-order valence-corrected chi connectivity index (χ2v) is 14.4. The monoisotopic (exact) mass is 855 g/mol. The number of hydrogen-bond donors (Lipinski definition) is 9. The van der Waals surface area contributed by atoms with Crippen molar-refractivity contribution in [2.24, 2.45) is 0 Å². The highest BCUT2D eigenvalue weighted by Gasteiger charge is 2.26. The minimum Gasteiger partial charge on any atom is -0.464 e. The molecule has 21 heteroatoms. The molecule has 0 spiro atoms. The van der Waals surface area contributed by atoms with Crippen molar-refractivity contribution in [2.75, 3.05) is 39.5 Å². The molecule has 1 rings (SSSR count). The van der Waals surface area contributed by atoms with E-state index in [-0.39, 0.29) is 97.2 Å². The summed E-state index contributed by atoms with van der Waals surface area (Å²) in [4.78, 5) is 73.8. The average molecular weight is 856 g/mol. The van der Waals surface area contributed by atoms with E-state index < -0.39 is 71.4 Å². The molecule has 1 aliphatic rings. The number of nitrogens with zero attached hydrogens (tertiary/aromatic N) is 3. The topological polar surface area (TPSA) is 297 Å². The van der Waals surface area contributed by atoms with Crippen LogP contribution >= 0.6 is 0 Å². The van der Waals surface area contributed by atoms with E-state index in [1.807, 2.05) is 0 Å². The van der Waals surface area contributed by atoms with E-state index in [4.69, 9.17) is 14.2 Å². The van der Waals surface area contributed by atoms with E-state index in [0.29, 0.717) is 30.9 Å². The maximum Gasteiger partial charge on any atom is 0.408 e. The maximum absolute atomic E-state index is 12.8. The average Bonchev–Trinajstić information content (AvgIpc) is 3.15. The van der Waals surface area contributed by atoms with Gasteiger partial charge in [0.2, 0.25) is 17.7 Å². The molecular formula is C39H63N6O15+3. The Morgan fingerprint density at radius 3 is 0.967 bits per heavy atom. The van der Waals surface area contributed by atoms with Crippen LogP contribution in [0.1, 0.15) is 99.3 Å². The summed E-state index contributed by atoms with van der Waals surface area (Å²) in [5.74, 6) is -5.37. The summed E-state index contributed by atoms with van der Waals surface area (Å²) in [7, 11) is 0. The molecule has 0 aromatic carbocycles. The lowest BCUT2D eigenvalue weighted by Gasteiger charge is -2.16. The van der Waals surface area contributed by atoms with E-state index in [0.717, 1.165) is 0 Å². The molecule has 0 unspecified atom stereocenters. The Kier molecular flexibility index (Phi) is 23.8. The second-order valence-electron chi connectivity index (χ2n) is 14.4. The lowest BCUT2D eigenvalue weighted by atomic mass is 10.1. The molecule has 0 radical (unpaired) electrons. The lowest BCUT2D eigenvalue weighted by molar-refractivity contribution is -0.778. The number of carbonyl (C=O) groups excluding carboxylic acids is 6. The molecule has 3 amide bonds. The van der Waals surface area contributed by atoms with Gasteiger partial charge in [-0.05, 0) is 40.0 Å². The SMILES string of the molecule is CC(=O)N[C@H]1CCC[N+](O)=C(O)/C=C(/C)CCOC(=O)[C@@H](NC(C)=O)CCC[N+](O)=C(O)/C=C(/C)CCOC(=O)[C@@H](NC(C)=O)CCC[N+](O)=C(O)/C=C(/C)CCOC1=O. The number of aliphatic hydroxyl groups is 3. The van der Waals surface area contributed by atoms with Crippen LogP contribution < -0.4 is 16.0 Å². The van der Waals surface area contributed by atoms with Gasteiger partial charge < -0.3 is 45.5 Å². The van der Waals surface area contributed by atoms with Crippen molar-refractivity contribution < 1.29 is 88.1 Å². The fourth-order valence-corrected chi connectivity index (χ4v) is 5.50. The summed E-state index contributed by atoms with van der Waals surface area (Å²) in [5.41, 5.74) is 1.54. The normalized spacial score (nSPS) is 24.8. The van der Waals surface area contributed by atoms with Crippen LogP contribution in [0.4, 0.5) is 0 Å². The Morgan fingerprint density at radius 1 is 0.517 bits per heavy atom. The molecule has 0 aliphatic carbocycles. The highest BCUT2D eigenvalue weighted by Crippen LogP contribution is 2.09. The van der Waals surface area contributed by atoms with E-state index in [1.54, 1.807) is 20.8 Å². The first-order valence-corrected chi connectivity index (χ1v) is 19.6. The molecule has 0 aromatic rings. The summed E-state index contributed by atoms with van der Waals surface area (Å²) < 4.78 is 17.6. The van der Waals surface area contributed by atoms with Crippen molar-refractivity contribution in [1.82, 2.24) is 16.0 Å². The van der Waals surface area contributed by atoms with Gasteiger partial charge in [-0.25, -0.2) is 14.4 Å². The van der Waals surface area contributed by atoms with E-state index in [1.165, 1.54) is 39.0 Å². The van der Waals surface area contributed by atoms with Gasteiger partial charge in [-0.1, -0.05) is 16.7 Å². The smallest absolute Gasteiger partial charge is 0.408 e. The van der Waals surface area contributed by atoms with Crippen LogP contribution in [-0.2, 0) is 43.0 Å². The van der Waals surface area contributed by atoms with Gasteiger partial charge in [-0.2, -0.15) is 0 Å². The Labute approximate surface area is 348 Å². The van der Waals surface area contributed by atoms with Crippen molar-refractivity contribution in [1.29, 1.82) is 0 Å². The molecule has 0 saturated carbocycles. The molecule has 60 heavy (non-hydrogen) atoms. The molecule has 21 nitrogen and oxygen atoms in total. The quantitative estimate of drug-likeness (QED) is 0.0843. The Hall–Kier alpha value is -6.15. The molecule has 9 N–H and O–H groups in total. The predicted molar refractivity (Wildman–Crippen MR) is 212 cm³/mol. The fourth-order valence-electron chi connectivity index (χ4n) is 5.50. The lowest BCUT2D eigenvalue weighted by Crippen LogP contribution is -2.41. The van der Waals surface area contributed by atoms with Crippen molar-refractivity contribution >= 4 is 53.3 Å². The van der Waals surface area contributed by atoms with Gasteiger partial charge in [-0.15, -0.1) is 0 Å². The fraction of sp³-hybridized carbons (Fsp3) is 0.615. The molecule has 0 saturated heterocycles. The van der Waals surface area contributed by atoms with Gasteiger partial charge >= 0.3 is 35.6 Å². The summed E-state index contributed by atoms with van der Waals surface area (Å²) in [5, 5.41) is 69.8. The first-order valence-electron chi connectivity index (χ1n) is 19.6. The summed E-state index contributed by atoms with van der Waals surface area (Å²) in [6.07, 6.45) is 4.66. The number of carbonyl (C=O) groups is 6. The minimum atomic E-state index is -1.08. The number of ether oxygens (including phenoxy) is 3. The van der Waals surface area contributed by atoms with Gasteiger partial charge in [0, 0.05) is 73.5 Å². The van der Waals surface area contributed by atoms with Crippen LogP contribution in [0, 0.1) is 0 Å². The van der Waals surface area contributed by atoms with E-state index in [2.05, 4.69) is 16.0 Å². The number of cyclic esters (lactones) is 3. The number of aliphatic hydroxyl groups excluding tert-OH is 3. The van der Waals surface area contributed by atoms with Crippen LogP contribution in [0.2, 0.25) is 0 Å². The van der Waals surface area contributed by atoms with E-state index >= 15 is 0 Å². The number of hydrogen-bond acceptors (Lipinski definition) is 12.